The molecule has 0 spiro atoms. The van der Waals surface area contributed by atoms with Gasteiger partial charge in [-0.1, -0.05) is 90.6 Å². The summed E-state index contributed by atoms with van der Waals surface area (Å²) in [5.74, 6) is 1.44. The number of allylic oxidation sites excluding steroid dienone is 2. The van der Waals surface area contributed by atoms with Gasteiger partial charge in [-0.2, -0.15) is 0 Å². The Morgan fingerprint density at radius 2 is 1.48 bits per heavy atom. The van der Waals surface area contributed by atoms with E-state index in [0.717, 1.165) is 55.2 Å². The second-order valence-corrected chi connectivity index (χ2v) is 13.0. The number of fused-ring (bicyclic) bond motifs is 4. The van der Waals surface area contributed by atoms with Crippen molar-refractivity contribution in [1.29, 1.82) is 0 Å². The van der Waals surface area contributed by atoms with E-state index in [0.29, 0.717) is 11.8 Å². The van der Waals surface area contributed by atoms with Crippen molar-refractivity contribution in [2.45, 2.75) is 106 Å². The fraction of sp³-hybridized carbons (Fsp3) is 0.439. The summed E-state index contributed by atoms with van der Waals surface area (Å²) in [7, 11) is 0. The number of ketones is 1. The zero-order valence-electron chi connectivity index (χ0n) is 28.9. The van der Waals surface area contributed by atoms with Crippen LogP contribution in [0.4, 0.5) is 0 Å². The van der Waals surface area contributed by atoms with E-state index in [1.54, 1.807) is 0 Å². The van der Waals surface area contributed by atoms with Gasteiger partial charge in [-0.25, -0.2) is 0 Å². The second-order valence-electron chi connectivity index (χ2n) is 13.0. The van der Waals surface area contributed by atoms with Crippen LogP contribution >= 0.6 is 0 Å². The Labute approximate surface area is 290 Å². The quantitative estimate of drug-likeness (QED) is 0.0986. The SMILES string of the molecule is CC(C)c1cc2c(cn1)-c1cc(-c3[c-]c4ccccc4c(C(C)C)c3)ncc1CC2.CCC(CC)C(=O)/C=C(\O)C(CC)CC.[Ir]. The molecule has 2 aromatic carbocycles. The number of carbonyl (C=O) groups excluding carboxylic acids is 1. The van der Waals surface area contributed by atoms with E-state index in [2.05, 4.69) is 88.6 Å². The van der Waals surface area contributed by atoms with Crippen molar-refractivity contribution in [3.05, 3.63) is 95.1 Å². The van der Waals surface area contributed by atoms with Crippen molar-refractivity contribution in [1.82, 2.24) is 9.97 Å². The van der Waals surface area contributed by atoms with Crippen LogP contribution in [-0.2, 0) is 37.7 Å². The number of benzene rings is 2. The van der Waals surface area contributed by atoms with Gasteiger partial charge in [0.05, 0.1) is 5.76 Å². The topological polar surface area (TPSA) is 63.1 Å². The number of aliphatic hydroxyl groups is 1. The third-order valence-corrected chi connectivity index (χ3v) is 9.33. The van der Waals surface area contributed by atoms with Crippen molar-refractivity contribution in [3.63, 3.8) is 0 Å². The van der Waals surface area contributed by atoms with Gasteiger partial charge in [-0.3, -0.25) is 14.8 Å². The zero-order chi connectivity index (χ0) is 32.7. The first kappa shape index (κ1) is 37.3. The zero-order valence-corrected chi connectivity index (χ0v) is 31.3. The Morgan fingerprint density at radius 3 is 2.11 bits per heavy atom. The Hall–Kier alpha value is -3.14. The van der Waals surface area contributed by atoms with Gasteiger partial charge in [0.15, 0.2) is 5.78 Å². The monoisotopic (exact) mass is 796 g/mol. The fourth-order valence-corrected chi connectivity index (χ4v) is 6.28. The van der Waals surface area contributed by atoms with Gasteiger partial charge >= 0.3 is 0 Å². The summed E-state index contributed by atoms with van der Waals surface area (Å²) >= 11 is 0. The van der Waals surface area contributed by atoms with E-state index < -0.39 is 0 Å². The molecule has 1 N–H and O–H groups in total. The molecule has 0 fully saturated rings. The molecule has 1 radical (unpaired) electrons. The van der Waals surface area contributed by atoms with Crippen LogP contribution in [0, 0.1) is 17.9 Å². The minimum Gasteiger partial charge on any atom is -0.512 e. The molecular formula is C41H51IrN2O2-. The molecule has 0 saturated heterocycles. The summed E-state index contributed by atoms with van der Waals surface area (Å²) in [6, 6.07) is 19.0. The summed E-state index contributed by atoms with van der Waals surface area (Å²) in [6.07, 6.45) is 11.1. The Morgan fingerprint density at radius 1 is 0.826 bits per heavy atom. The van der Waals surface area contributed by atoms with Crippen LogP contribution in [0.5, 0.6) is 0 Å². The molecule has 2 aromatic heterocycles. The third kappa shape index (κ3) is 8.60. The number of carbonyl (C=O) groups is 1. The molecule has 4 nitrogen and oxygen atoms in total. The molecule has 0 bridgehead atoms. The maximum Gasteiger partial charge on any atom is 0.162 e. The van der Waals surface area contributed by atoms with Gasteiger partial charge in [0.1, 0.15) is 0 Å². The van der Waals surface area contributed by atoms with Crippen LogP contribution in [-0.4, -0.2) is 20.9 Å². The van der Waals surface area contributed by atoms with Crippen molar-refractivity contribution in [2.75, 3.05) is 0 Å². The molecule has 1 aliphatic rings. The number of nitrogens with zero attached hydrogens (tertiary/aromatic N) is 2. The molecule has 5 heteroatoms. The first-order chi connectivity index (χ1) is 21.6. The van der Waals surface area contributed by atoms with Crippen molar-refractivity contribution >= 4 is 16.6 Å². The number of hydrogen-bond acceptors (Lipinski definition) is 4. The number of hydrogen-bond donors (Lipinski definition) is 1. The average Bonchev–Trinajstić information content (AvgIpc) is 3.04. The molecular weight excluding hydrogens is 745 g/mol. The Bertz CT molecular complexity index is 1650. The minimum absolute atomic E-state index is 0. The summed E-state index contributed by atoms with van der Waals surface area (Å²) in [6.45, 7) is 17.0. The van der Waals surface area contributed by atoms with Gasteiger partial charge in [0.2, 0.25) is 0 Å². The number of rotatable bonds is 10. The standard InChI is InChI=1S/C28H27N2.C13H24O2.Ir/c1-17(2)24-12-22(11-19-7-5-6-8-23(19)24)28-14-25-21(15-29-28)10-9-20-13-27(18(3)4)30-16-26(20)25;1-5-10(6-2)12(14)9-13(15)11(7-3)8-4;/h5-8,12-18H,9-10H2,1-4H3;9-11,14H,5-8H2,1-4H3;/q-1;;/b;12-9-;. The van der Waals surface area contributed by atoms with Gasteiger partial charge in [0.25, 0.3) is 0 Å². The maximum absolute atomic E-state index is 11.7. The van der Waals surface area contributed by atoms with E-state index in [1.165, 1.54) is 45.0 Å². The van der Waals surface area contributed by atoms with E-state index in [4.69, 9.17) is 9.97 Å². The van der Waals surface area contributed by atoms with Crippen LogP contribution < -0.4 is 0 Å². The number of aromatic nitrogens is 2. The van der Waals surface area contributed by atoms with Crippen LogP contribution in [0.15, 0.2) is 66.7 Å². The molecule has 247 valence electrons. The molecule has 0 aliphatic heterocycles. The summed E-state index contributed by atoms with van der Waals surface area (Å²) in [4.78, 5) is 21.3. The molecule has 0 amide bonds. The largest absolute Gasteiger partial charge is 0.512 e. The predicted octanol–water partition coefficient (Wildman–Crippen LogP) is 11.0. The first-order valence-electron chi connectivity index (χ1n) is 17.0. The Balaban J connectivity index is 0.000000309. The third-order valence-electron chi connectivity index (χ3n) is 9.33. The van der Waals surface area contributed by atoms with Gasteiger partial charge in [-0.15, -0.1) is 29.1 Å². The Kier molecular flexibility index (Phi) is 13.9. The van der Waals surface area contributed by atoms with Crippen LogP contribution in [0.2, 0.25) is 0 Å². The smallest absolute Gasteiger partial charge is 0.162 e. The number of aliphatic hydroxyl groups excluding tert-OH is 1. The van der Waals surface area contributed by atoms with E-state index in [9.17, 15) is 9.90 Å². The number of pyridine rings is 2. The predicted molar refractivity (Wildman–Crippen MR) is 189 cm³/mol. The van der Waals surface area contributed by atoms with Crippen LogP contribution in [0.25, 0.3) is 33.2 Å². The molecule has 0 unspecified atom stereocenters. The first-order valence-corrected chi connectivity index (χ1v) is 17.0. The van der Waals surface area contributed by atoms with E-state index in [1.807, 2.05) is 27.7 Å². The maximum atomic E-state index is 11.7. The van der Waals surface area contributed by atoms with Gasteiger partial charge < -0.3 is 5.11 Å². The van der Waals surface area contributed by atoms with Crippen molar-refractivity contribution in [3.8, 4) is 22.4 Å². The molecule has 1 aliphatic carbocycles. The van der Waals surface area contributed by atoms with Gasteiger partial charge in [0, 0.05) is 67.4 Å². The summed E-state index contributed by atoms with van der Waals surface area (Å²) in [5.41, 5.74) is 9.84. The van der Waals surface area contributed by atoms with Crippen LogP contribution in [0.3, 0.4) is 0 Å². The van der Waals surface area contributed by atoms with Crippen molar-refractivity contribution < 1.29 is 30.0 Å². The van der Waals surface area contributed by atoms with E-state index in [-0.39, 0.29) is 43.5 Å². The van der Waals surface area contributed by atoms with Crippen LogP contribution in [0.1, 0.15) is 115 Å². The minimum atomic E-state index is 0. The number of aryl methyl sites for hydroxylation is 2. The summed E-state index contributed by atoms with van der Waals surface area (Å²) < 4.78 is 0. The normalized spacial score (nSPS) is 12.6. The summed E-state index contributed by atoms with van der Waals surface area (Å²) in [5, 5.41) is 12.2. The second kappa shape index (κ2) is 17.1. The van der Waals surface area contributed by atoms with E-state index >= 15 is 0 Å². The molecule has 4 aromatic rings. The molecule has 0 saturated carbocycles. The molecule has 0 atom stereocenters. The fourth-order valence-electron chi connectivity index (χ4n) is 6.28. The molecule has 5 rings (SSSR count). The van der Waals surface area contributed by atoms with Gasteiger partial charge in [-0.05, 0) is 73.1 Å². The average molecular weight is 796 g/mol. The molecule has 2 heterocycles. The van der Waals surface area contributed by atoms with Crippen molar-refractivity contribution in [2.24, 2.45) is 11.8 Å². The molecule has 46 heavy (non-hydrogen) atoms.